The van der Waals surface area contributed by atoms with E-state index >= 15 is 0 Å². The van der Waals surface area contributed by atoms with E-state index in [1.165, 1.54) is 119 Å². The second kappa shape index (κ2) is 13.7. The highest BCUT2D eigenvalue weighted by atomic mass is 32.2. The van der Waals surface area contributed by atoms with Crippen molar-refractivity contribution in [2.24, 2.45) is 0 Å². The third-order valence-corrected chi connectivity index (χ3v) is 17.1. The Kier molecular flexibility index (Phi) is 7.83. The van der Waals surface area contributed by atoms with Crippen molar-refractivity contribution in [1.82, 2.24) is 0 Å². The van der Waals surface area contributed by atoms with E-state index in [1.807, 2.05) is 23.1 Å². The summed E-state index contributed by atoms with van der Waals surface area (Å²) in [5.74, 6) is 0. The van der Waals surface area contributed by atoms with E-state index < -0.39 is 5.41 Å². The van der Waals surface area contributed by atoms with Crippen LogP contribution in [-0.4, -0.2) is 0 Å². The molecule has 3 heteroatoms. The van der Waals surface area contributed by atoms with E-state index in [0.717, 1.165) is 5.69 Å². The Labute approximate surface area is 387 Å². The Morgan fingerprint density at radius 2 is 1.05 bits per heavy atom. The van der Waals surface area contributed by atoms with Crippen molar-refractivity contribution in [3.8, 4) is 33.4 Å². The summed E-state index contributed by atoms with van der Waals surface area (Å²) in [7, 11) is 0. The number of benzene rings is 10. The maximum absolute atomic E-state index is 2.62. The van der Waals surface area contributed by atoms with Crippen LogP contribution in [0.25, 0.3) is 64.3 Å². The number of hydrogen-bond donors (Lipinski definition) is 0. The molecule has 306 valence electrons. The molecule has 1 aliphatic heterocycles. The molecule has 0 N–H and O–H groups in total. The van der Waals surface area contributed by atoms with Gasteiger partial charge in [0.05, 0.1) is 16.8 Å². The fraction of sp³-hybridized carbons (Fsp3) is 0.0645. The molecule has 0 radical (unpaired) electrons. The highest BCUT2D eigenvalue weighted by Crippen LogP contribution is 2.64. The molecule has 0 atom stereocenters. The lowest BCUT2D eigenvalue weighted by Crippen LogP contribution is -2.32. The van der Waals surface area contributed by atoms with Crippen molar-refractivity contribution in [3.63, 3.8) is 0 Å². The van der Waals surface area contributed by atoms with Crippen molar-refractivity contribution in [1.29, 1.82) is 0 Å². The summed E-state index contributed by atoms with van der Waals surface area (Å²) in [6, 6.07) is 80.2. The van der Waals surface area contributed by atoms with Gasteiger partial charge in [0.15, 0.2) is 0 Å². The molecule has 0 amide bonds. The summed E-state index contributed by atoms with van der Waals surface area (Å²) < 4.78 is 2.63. The van der Waals surface area contributed by atoms with Gasteiger partial charge in [-0.2, -0.15) is 0 Å². The third-order valence-electron chi connectivity index (χ3n) is 14.7. The minimum absolute atomic E-state index is 0.233. The topological polar surface area (TPSA) is 3.24 Å². The standard InChI is InChI=1S/C62H41NS2/c1-61(2)48-26-11-8-23-45(48)46-25-15-31-54(58(46)61)63(53-30-16-32-56-57(53)47-35-33-39-19-6-7-20-41(39)59(47)65-56)40-34-36-55-52(37-40)62(49-27-12-9-21-43(49)44-22-10-13-28-50(44)62)51-29-14-24-42(60(51)64-55)38-17-4-3-5-18-38/h3-37H,1-2H3. The van der Waals surface area contributed by atoms with Gasteiger partial charge in [0, 0.05) is 41.1 Å². The fourth-order valence-corrected chi connectivity index (χ4v) is 14.6. The van der Waals surface area contributed by atoms with E-state index in [4.69, 9.17) is 0 Å². The van der Waals surface area contributed by atoms with Gasteiger partial charge in [-0.3, -0.25) is 0 Å². The first-order valence-corrected chi connectivity index (χ1v) is 24.2. The molecule has 1 aromatic heterocycles. The summed E-state index contributed by atoms with van der Waals surface area (Å²) in [5.41, 5.74) is 18.6. The van der Waals surface area contributed by atoms with Crippen LogP contribution in [0, 0.1) is 0 Å². The van der Waals surface area contributed by atoms with E-state index in [9.17, 15) is 0 Å². The van der Waals surface area contributed by atoms with Gasteiger partial charge in [-0.25, -0.2) is 0 Å². The van der Waals surface area contributed by atoms with Crippen LogP contribution in [0.2, 0.25) is 0 Å². The van der Waals surface area contributed by atoms with Crippen LogP contribution in [0.1, 0.15) is 47.2 Å². The predicted molar refractivity (Wildman–Crippen MR) is 276 cm³/mol. The number of thiophene rings is 1. The Morgan fingerprint density at radius 3 is 1.85 bits per heavy atom. The van der Waals surface area contributed by atoms with Crippen molar-refractivity contribution >= 4 is 71.1 Å². The zero-order valence-electron chi connectivity index (χ0n) is 36.0. The molecular weight excluding hydrogens is 823 g/mol. The number of hydrogen-bond acceptors (Lipinski definition) is 3. The summed E-state index contributed by atoms with van der Waals surface area (Å²) in [6.07, 6.45) is 0. The van der Waals surface area contributed by atoms with E-state index in [1.54, 1.807) is 0 Å². The molecular formula is C62H41NS2. The Hall–Kier alpha value is -7.17. The second-order valence-corrected chi connectivity index (χ2v) is 20.4. The maximum Gasteiger partial charge on any atom is 0.0736 e. The molecule has 1 nitrogen and oxygen atoms in total. The summed E-state index contributed by atoms with van der Waals surface area (Å²) >= 11 is 3.84. The molecule has 11 aromatic rings. The molecule has 1 spiro atoms. The quantitative estimate of drug-likeness (QED) is 0.173. The lowest BCUT2D eigenvalue weighted by atomic mass is 9.67. The molecule has 2 aliphatic carbocycles. The van der Waals surface area contributed by atoms with Gasteiger partial charge in [-0.15, -0.1) is 11.3 Å². The fourth-order valence-electron chi connectivity index (χ4n) is 12.0. The third kappa shape index (κ3) is 5.00. The molecule has 0 saturated carbocycles. The minimum atomic E-state index is -0.552. The zero-order valence-corrected chi connectivity index (χ0v) is 37.6. The summed E-state index contributed by atoms with van der Waals surface area (Å²) in [4.78, 5) is 5.23. The molecule has 10 aromatic carbocycles. The van der Waals surface area contributed by atoms with Crippen LogP contribution in [0.3, 0.4) is 0 Å². The van der Waals surface area contributed by atoms with Crippen LogP contribution in [-0.2, 0) is 10.8 Å². The van der Waals surface area contributed by atoms with Crippen LogP contribution >= 0.6 is 23.1 Å². The molecule has 0 saturated heterocycles. The van der Waals surface area contributed by atoms with Crippen LogP contribution < -0.4 is 4.90 Å². The van der Waals surface area contributed by atoms with E-state index in [0.29, 0.717) is 0 Å². The molecule has 65 heavy (non-hydrogen) atoms. The first kappa shape index (κ1) is 37.2. The molecule has 14 rings (SSSR count). The Balaban J connectivity index is 1.09. The first-order valence-electron chi connectivity index (χ1n) is 22.6. The Morgan fingerprint density at radius 1 is 0.431 bits per heavy atom. The largest absolute Gasteiger partial charge is 0.309 e. The average molecular weight is 864 g/mol. The van der Waals surface area contributed by atoms with Gasteiger partial charge < -0.3 is 4.90 Å². The average Bonchev–Trinajstić information content (AvgIpc) is 3.97. The number of rotatable bonds is 4. The predicted octanol–water partition coefficient (Wildman–Crippen LogP) is 17.5. The van der Waals surface area contributed by atoms with Crippen LogP contribution in [0.5, 0.6) is 0 Å². The number of fused-ring (bicyclic) bond motifs is 17. The van der Waals surface area contributed by atoms with Gasteiger partial charge >= 0.3 is 0 Å². The highest BCUT2D eigenvalue weighted by Gasteiger charge is 2.51. The zero-order chi connectivity index (χ0) is 43.0. The summed E-state index contributed by atoms with van der Waals surface area (Å²) in [5, 5.41) is 5.17. The molecule has 0 bridgehead atoms. The van der Waals surface area contributed by atoms with Crippen molar-refractivity contribution in [3.05, 3.63) is 246 Å². The number of anilines is 3. The van der Waals surface area contributed by atoms with E-state index in [-0.39, 0.29) is 5.41 Å². The normalized spacial score (nSPS) is 14.5. The molecule has 3 aliphatic rings. The van der Waals surface area contributed by atoms with Gasteiger partial charge in [0.2, 0.25) is 0 Å². The lowest BCUT2D eigenvalue weighted by Gasteiger charge is -2.41. The van der Waals surface area contributed by atoms with Gasteiger partial charge in [0.25, 0.3) is 0 Å². The molecule has 0 fully saturated rings. The molecule has 2 heterocycles. The van der Waals surface area contributed by atoms with E-state index in [2.05, 4.69) is 231 Å². The monoisotopic (exact) mass is 863 g/mol. The maximum atomic E-state index is 2.62. The van der Waals surface area contributed by atoms with Gasteiger partial charge in [-0.1, -0.05) is 202 Å². The smallest absolute Gasteiger partial charge is 0.0736 e. The van der Waals surface area contributed by atoms with Crippen molar-refractivity contribution in [2.75, 3.05) is 4.90 Å². The van der Waals surface area contributed by atoms with Gasteiger partial charge in [0.1, 0.15) is 0 Å². The first-order chi connectivity index (χ1) is 32.0. The minimum Gasteiger partial charge on any atom is -0.309 e. The van der Waals surface area contributed by atoms with Gasteiger partial charge in [-0.05, 0) is 114 Å². The Bertz CT molecular complexity index is 3750. The highest BCUT2D eigenvalue weighted by molar-refractivity contribution is 7.99. The van der Waals surface area contributed by atoms with Crippen molar-refractivity contribution < 1.29 is 0 Å². The van der Waals surface area contributed by atoms with Crippen LogP contribution in [0.4, 0.5) is 17.1 Å². The number of nitrogens with zero attached hydrogens (tertiary/aromatic N) is 1. The summed E-state index contributed by atoms with van der Waals surface area (Å²) in [6.45, 7) is 4.83. The molecule has 0 unspecified atom stereocenters. The SMILES string of the molecule is CC1(C)c2ccccc2-c2cccc(N(c3ccc4c(c3)C3(c5ccccc5-c5ccccc53)c3cccc(-c5ccccc5)c3S4)c3cccc4sc5c6ccccc6ccc5c34)c21. The lowest BCUT2D eigenvalue weighted by molar-refractivity contribution is 0.661. The van der Waals surface area contributed by atoms with Crippen molar-refractivity contribution in [2.45, 2.75) is 34.5 Å². The van der Waals surface area contributed by atoms with Crippen LogP contribution in [0.15, 0.2) is 222 Å². The second-order valence-electron chi connectivity index (χ2n) is 18.3.